The van der Waals surface area contributed by atoms with Crippen LogP contribution in [-0.4, -0.2) is 64.1 Å². The van der Waals surface area contributed by atoms with E-state index in [1.807, 2.05) is 0 Å². The maximum Gasteiger partial charge on any atom is 0.340 e. The van der Waals surface area contributed by atoms with E-state index in [4.69, 9.17) is 32.7 Å². The number of halogens is 2. The first-order valence-corrected chi connectivity index (χ1v) is 10.1. The van der Waals surface area contributed by atoms with Crippen molar-refractivity contribution in [3.63, 3.8) is 0 Å². The normalized spacial score (nSPS) is 15.2. The number of esters is 1. The van der Waals surface area contributed by atoms with Gasteiger partial charge in [0.05, 0.1) is 28.8 Å². The molecule has 0 unspecified atom stereocenters. The van der Waals surface area contributed by atoms with E-state index in [1.165, 1.54) is 10.4 Å². The van der Waals surface area contributed by atoms with Crippen LogP contribution in [0.1, 0.15) is 10.4 Å². The quantitative estimate of drug-likeness (QED) is 0.512. The van der Waals surface area contributed by atoms with Crippen LogP contribution in [0.2, 0.25) is 10.0 Å². The number of carbonyl (C=O) groups is 2. The zero-order valence-electron chi connectivity index (χ0n) is 14.2. The number of carbonyl (C=O) groups excluding carboxylic acids is 2. The molecular formula is C16H18Cl2N2O6S. The largest absolute Gasteiger partial charge is 0.452 e. The van der Waals surface area contributed by atoms with Crippen molar-refractivity contribution in [2.24, 2.45) is 0 Å². The van der Waals surface area contributed by atoms with Gasteiger partial charge in [0.2, 0.25) is 10.0 Å². The van der Waals surface area contributed by atoms with Crippen LogP contribution in [0.15, 0.2) is 29.7 Å². The van der Waals surface area contributed by atoms with E-state index in [0.29, 0.717) is 0 Å². The van der Waals surface area contributed by atoms with Crippen molar-refractivity contribution < 1.29 is 27.5 Å². The van der Waals surface area contributed by atoms with E-state index in [2.05, 4.69) is 11.9 Å². The molecule has 1 heterocycles. The number of hydrogen-bond donors (Lipinski definition) is 1. The van der Waals surface area contributed by atoms with Crippen molar-refractivity contribution in [1.29, 1.82) is 0 Å². The Balaban J connectivity index is 2.23. The lowest BCUT2D eigenvalue weighted by atomic mass is 10.2. The van der Waals surface area contributed by atoms with Gasteiger partial charge in [0.15, 0.2) is 6.61 Å². The molecule has 1 N–H and O–H groups in total. The molecule has 1 amide bonds. The summed E-state index contributed by atoms with van der Waals surface area (Å²) in [4.78, 5) is 23.5. The predicted octanol–water partition coefficient (Wildman–Crippen LogP) is 1.47. The third-order valence-electron chi connectivity index (χ3n) is 3.61. The van der Waals surface area contributed by atoms with Crippen LogP contribution in [0.3, 0.4) is 0 Å². The van der Waals surface area contributed by atoms with Gasteiger partial charge in [0, 0.05) is 19.6 Å². The van der Waals surface area contributed by atoms with E-state index >= 15 is 0 Å². The molecule has 27 heavy (non-hydrogen) atoms. The van der Waals surface area contributed by atoms with Crippen molar-refractivity contribution in [3.05, 3.63) is 40.4 Å². The summed E-state index contributed by atoms with van der Waals surface area (Å²) in [5, 5.41) is 2.23. The molecule has 0 aliphatic carbocycles. The first-order chi connectivity index (χ1) is 12.8. The Morgan fingerprint density at radius 1 is 1.26 bits per heavy atom. The average Bonchev–Trinajstić information content (AvgIpc) is 2.65. The molecule has 0 saturated carbocycles. The highest BCUT2D eigenvalue weighted by Crippen LogP contribution is 2.31. The Labute approximate surface area is 167 Å². The molecule has 0 aromatic heterocycles. The zero-order chi connectivity index (χ0) is 20.0. The third kappa shape index (κ3) is 5.43. The second-order valence-electron chi connectivity index (χ2n) is 5.45. The molecule has 1 saturated heterocycles. The Morgan fingerprint density at radius 3 is 2.56 bits per heavy atom. The maximum atomic E-state index is 12.8. The fraction of sp³-hybridized carbons (Fsp3) is 0.375. The fourth-order valence-electron chi connectivity index (χ4n) is 2.26. The number of rotatable bonds is 7. The van der Waals surface area contributed by atoms with Gasteiger partial charge in [-0.25, -0.2) is 13.2 Å². The van der Waals surface area contributed by atoms with Gasteiger partial charge < -0.3 is 14.8 Å². The smallest absolute Gasteiger partial charge is 0.340 e. The van der Waals surface area contributed by atoms with Gasteiger partial charge in [-0.1, -0.05) is 29.3 Å². The minimum absolute atomic E-state index is 0.0857. The zero-order valence-corrected chi connectivity index (χ0v) is 16.6. The number of benzene rings is 1. The molecule has 1 fully saturated rings. The average molecular weight is 437 g/mol. The Kier molecular flexibility index (Phi) is 7.63. The Morgan fingerprint density at radius 2 is 1.93 bits per heavy atom. The standard InChI is InChI=1S/C16H18Cl2N2O6S/c1-2-3-19-15(21)10-26-16(22)11-8-14(13(18)9-12(11)17)27(23,24)20-4-6-25-7-5-20/h2,8-9H,1,3-7,10H2,(H,19,21). The van der Waals surface area contributed by atoms with Crippen molar-refractivity contribution in [1.82, 2.24) is 9.62 Å². The lowest BCUT2D eigenvalue weighted by Crippen LogP contribution is -2.40. The van der Waals surface area contributed by atoms with Crippen LogP contribution < -0.4 is 5.32 Å². The lowest BCUT2D eigenvalue weighted by molar-refractivity contribution is -0.124. The second-order valence-corrected chi connectivity index (χ2v) is 8.17. The molecule has 148 valence electrons. The highest BCUT2D eigenvalue weighted by atomic mass is 35.5. The summed E-state index contributed by atoms with van der Waals surface area (Å²) in [7, 11) is -3.94. The highest BCUT2D eigenvalue weighted by Gasteiger charge is 2.30. The second kappa shape index (κ2) is 9.52. The third-order valence-corrected chi connectivity index (χ3v) is 6.28. The molecule has 0 spiro atoms. The predicted molar refractivity (Wildman–Crippen MR) is 99.5 cm³/mol. The summed E-state index contributed by atoms with van der Waals surface area (Å²) in [5.74, 6) is -1.47. The molecular weight excluding hydrogens is 419 g/mol. The summed E-state index contributed by atoms with van der Waals surface area (Å²) < 4.78 is 36.8. The molecule has 1 aromatic carbocycles. The molecule has 1 aliphatic heterocycles. The van der Waals surface area contributed by atoms with Gasteiger partial charge in [0.1, 0.15) is 4.90 Å². The molecule has 0 radical (unpaired) electrons. The number of morpholine rings is 1. The molecule has 11 heteroatoms. The van der Waals surface area contributed by atoms with Crippen LogP contribution in [0, 0.1) is 0 Å². The van der Waals surface area contributed by atoms with Crippen molar-refractivity contribution in [2.45, 2.75) is 4.90 Å². The first-order valence-electron chi connectivity index (χ1n) is 7.89. The van der Waals surface area contributed by atoms with Crippen LogP contribution in [-0.2, 0) is 24.3 Å². The van der Waals surface area contributed by atoms with Crippen molar-refractivity contribution >= 4 is 45.1 Å². The number of ether oxygens (including phenoxy) is 2. The number of hydrogen-bond acceptors (Lipinski definition) is 6. The van der Waals surface area contributed by atoms with E-state index in [0.717, 1.165) is 12.1 Å². The number of sulfonamides is 1. The van der Waals surface area contributed by atoms with Crippen LogP contribution in [0.5, 0.6) is 0 Å². The number of amides is 1. The van der Waals surface area contributed by atoms with Crippen LogP contribution in [0.4, 0.5) is 0 Å². The molecule has 1 aromatic rings. The summed E-state index contributed by atoms with van der Waals surface area (Å²) in [6.07, 6.45) is 1.47. The van der Waals surface area contributed by atoms with Crippen molar-refractivity contribution in [3.8, 4) is 0 Å². The SMILES string of the molecule is C=CCNC(=O)COC(=O)c1cc(S(=O)(=O)N2CCOCC2)c(Cl)cc1Cl. The fourth-order valence-corrected chi connectivity index (χ4v) is 4.49. The van der Waals surface area contributed by atoms with Crippen LogP contribution >= 0.6 is 23.2 Å². The van der Waals surface area contributed by atoms with E-state index in [9.17, 15) is 18.0 Å². The van der Waals surface area contributed by atoms with Gasteiger partial charge in [-0.15, -0.1) is 6.58 Å². The van der Waals surface area contributed by atoms with Gasteiger partial charge in [-0.3, -0.25) is 4.79 Å². The number of nitrogens with zero attached hydrogens (tertiary/aromatic N) is 1. The summed E-state index contributed by atoms with van der Waals surface area (Å²) in [6, 6.07) is 2.21. The lowest BCUT2D eigenvalue weighted by Gasteiger charge is -2.26. The summed E-state index contributed by atoms with van der Waals surface area (Å²) >= 11 is 12.1. The van der Waals surface area contributed by atoms with Crippen LogP contribution in [0.25, 0.3) is 0 Å². The molecule has 0 bridgehead atoms. The minimum atomic E-state index is -3.94. The monoisotopic (exact) mass is 436 g/mol. The maximum absolute atomic E-state index is 12.8. The van der Waals surface area contributed by atoms with E-state index < -0.39 is 28.5 Å². The van der Waals surface area contributed by atoms with Crippen molar-refractivity contribution in [2.75, 3.05) is 39.5 Å². The Hall–Kier alpha value is -1.65. The highest BCUT2D eigenvalue weighted by molar-refractivity contribution is 7.89. The first kappa shape index (κ1) is 21.6. The molecule has 8 nitrogen and oxygen atoms in total. The van der Waals surface area contributed by atoms with Gasteiger partial charge in [-0.05, 0) is 12.1 Å². The summed E-state index contributed by atoms with van der Waals surface area (Å²) in [6.45, 7) is 3.99. The summed E-state index contributed by atoms with van der Waals surface area (Å²) in [5.41, 5.74) is -0.204. The minimum Gasteiger partial charge on any atom is -0.452 e. The van der Waals surface area contributed by atoms with Gasteiger partial charge in [0.25, 0.3) is 5.91 Å². The molecule has 0 atom stereocenters. The van der Waals surface area contributed by atoms with E-state index in [1.54, 1.807) is 0 Å². The molecule has 1 aliphatic rings. The molecule has 2 rings (SSSR count). The van der Waals surface area contributed by atoms with E-state index in [-0.39, 0.29) is 53.4 Å². The van der Waals surface area contributed by atoms with Gasteiger partial charge in [-0.2, -0.15) is 4.31 Å². The van der Waals surface area contributed by atoms with Gasteiger partial charge >= 0.3 is 5.97 Å². The topological polar surface area (TPSA) is 102 Å². The Bertz CT molecular complexity index is 838. The number of nitrogens with one attached hydrogen (secondary N) is 1.